The highest BCUT2D eigenvalue weighted by atomic mass is 16.5. The van der Waals surface area contributed by atoms with E-state index in [0.29, 0.717) is 0 Å². The molecule has 112 valence electrons. The standard InChI is InChI=1S/C17H27NO2/c1-18(2)13-16(17(19)11-5-4-6-12-17)14-7-9-15(20-3)10-8-14/h7-10,16,19H,4-6,11-13H2,1-3H3/t16-/m1/s1/i1D3,2D3,3D3,4D2,5D2,6D2,7D,8D,9D,10D,11D2,12D2,16D. The predicted molar refractivity (Wildman–Crippen MR) is 82.3 cm³/mol. The first-order valence-electron chi connectivity index (χ1n) is 17.2. The van der Waals surface area contributed by atoms with Crippen LogP contribution in [0.3, 0.4) is 0 Å². The normalized spacial score (nSPS) is 53.5. The van der Waals surface area contributed by atoms with E-state index < -0.39 is 111 Å². The summed E-state index contributed by atoms with van der Waals surface area (Å²) in [4.78, 5) is -0.593. The topological polar surface area (TPSA) is 32.7 Å². The molecule has 1 atom stereocenters. The molecule has 3 heteroatoms. The van der Waals surface area contributed by atoms with Gasteiger partial charge < -0.3 is 14.7 Å². The van der Waals surface area contributed by atoms with Crippen molar-refractivity contribution < 1.29 is 42.7 Å². The molecule has 1 aliphatic rings. The first-order valence-corrected chi connectivity index (χ1v) is 5.25. The maximum atomic E-state index is 12.1. The van der Waals surface area contributed by atoms with Gasteiger partial charge in [0.05, 0.1) is 22.2 Å². The fourth-order valence-corrected chi connectivity index (χ4v) is 1.49. The van der Waals surface area contributed by atoms with Gasteiger partial charge in [0.2, 0.25) is 0 Å². The Morgan fingerprint density at radius 1 is 1.40 bits per heavy atom. The molecule has 0 radical (unpaired) electrons. The molecule has 1 aromatic rings. The molecule has 3 nitrogen and oxygen atoms in total. The summed E-state index contributed by atoms with van der Waals surface area (Å²) in [6.45, 7) is -9.89. The van der Waals surface area contributed by atoms with Crippen LogP contribution in [0.4, 0.5) is 0 Å². The first-order chi connectivity index (χ1) is 18.9. The lowest BCUT2D eigenvalue weighted by atomic mass is 9.72. The monoisotopic (exact) mass is 301 g/mol. The smallest absolute Gasteiger partial charge is 0.118 e. The summed E-state index contributed by atoms with van der Waals surface area (Å²) in [6, 6.07) is -6.23. The minimum absolute atomic E-state index is 0.593. The molecular formula is C17H27NO2. The zero-order valence-corrected chi connectivity index (χ0v) is 10.0. The Labute approximate surface area is 156 Å². The Morgan fingerprint density at radius 3 is 2.70 bits per heavy atom. The quantitative estimate of drug-likeness (QED) is 0.907. The van der Waals surface area contributed by atoms with Crippen LogP contribution >= 0.6 is 0 Å². The van der Waals surface area contributed by atoms with E-state index in [1.807, 2.05) is 0 Å². The van der Waals surface area contributed by atoms with Crippen LogP contribution in [0.2, 0.25) is 0 Å². The van der Waals surface area contributed by atoms with E-state index in [9.17, 15) is 6.48 Å². The highest BCUT2D eigenvalue weighted by molar-refractivity contribution is 5.31. The number of benzene rings is 1. The zero-order chi connectivity index (χ0) is 35.5. The third-order valence-electron chi connectivity index (χ3n) is 2.37. The van der Waals surface area contributed by atoms with E-state index in [0.717, 1.165) is 0 Å². The van der Waals surface area contributed by atoms with Gasteiger partial charge in [0.1, 0.15) is 5.75 Å². The molecular weight excluding hydrogens is 250 g/mol. The van der Waals surface area contributed by atoms with E-state index in [1.54, 1.807) is 0 Å². The lowest BCUT2D eigenvalue weighted by Crippen LogP contribution is -2.42. The summed E-state index contributed by atoms with van der Waals surface area (Å²) in [5.41, 5.74) is -6.51. The van der Waals surface area contributed by atoms with E-state index in [2.05, 4.69) is 4.74 Å². The molecule has 1 saturated carbocycles. The van der Waals surface area contributed by atoms with Crippen LogP contribution < -0.4 is 4.74 Å². The average Bonchev–Trinajstić information content (AvgIpc) is 2.80. The average molecular weight is 302 g/mol. The molecule has 1 fully saturated rings. The van der Waals surface area contributed by atoms with Crippen molar-refractivity contribution in [2.24, 2.45) is 0 Å². The highest BCUT2D eigenvalue weighted by Crippen LogP contribution is 2.40. The number of hydrogen-bond acceptors (Lipinski definition) is 3. The van der Waals surface area contributed by atoms with Crippen molar-refractivity contribution in [2.75, 3.05) is 27.5 Å². The number of hydrogen-bond donors (Lipinski definition) is 1. The third-order valence-corrected chi connectivity index (χ3v) is 2.37. The molecule has 0 saturated heterocycles. The largest absolute Gasteiger partial charge is 0.497 e. The number of rotatable bonds is 5. The minimum atomic E-state index is -4.79. The number of ether oxygens (including phenoxy) is 1. The van der Waals surface area contributed by atoms with Crippen LogP contribution in [-0.4, -0.2) is 43.1 Å². The van der Waals surface area contributed by atoms with Crippen molar-refractivity contribution in [3.8, 4) is 5.75 Å². The number of methoxy groups -OCH3 is 1. The molecule has 0 amide bonds. The SMILES string of the molecule is [2H]c1c([2H])c([C@@]([2H])(CN(C([2H])([2H])[2H])C([2H])([2H])[2H])C2(O)C([2H])([2H])C([2H])([2H])C([2H])([2H])C([2H])([2H])C2([2H])[2H])c([2H])c([2H])c1OC([2H])([2H])[2H]. The van der Waals surface area contributed by atoms with Crippen molar-refractivity contribution >= 4 is 0 Å². The molecule has 0 aromatic heterocycles. The Morgan fingerprint density at radius 2 is 2.10 bits per heavy atom. The second-order valence-corrected chi connectivity index (χ2v) is 3.71. The molecule has 0 bridgehead atoms. The van der Waals surface area contributed by atoms with Crippen LogP contribution in [0.15, 0.2) is 24.2 Å². The summed E-state index contributed by atoms with van der Waals surface area (Å²) in [6.07, 6.45) is -22.0. The summed E-state index contributed by atoms with van der Waals surface area (Å²) in [5.74, 6) is -5.60. The second kappa shape index (κ2) is 6.59. The number of likely N-dealkylation sites (N-methyl/N-ethyl adjacent to an activating group) is 1. The van der Waals surface area contributed by atoms with Crippen LogP contribution in [0.1, 0.15) is 76.2 Å². The van der Waals surface area contributed by atoms with Gasteiger partial charge in [-0.15, -0.1) is 0 Å². The predicted octanol–water partition coefficient (Wildman–Crippen LogP) is 3.04. The molecule has 1 aromatic carbocycles. The maximum absolute atomic E-state index is 12.1. The van der Waals surface area contributed by atoms with Crippen molar-refractivity contribution in [3.05, 3.63) is 29.7 Å². The highest BCUT2D eigenvalue weighted by Gasteiger charge is 2.38. The molecule has 1 N–H and O–H groups in total. The van der Waals surface area contributed by atoms with Crippen LogP contribution in [0.25, 0.3) is 0 Å². The third kappa shape index (κ3) is 3.53. The fourth-order valence-electron chi connectivity index (χ4n) is 1.49. The summed E-state index contributed by atoms with van der Waals surface area (Å²) in [5, 5.41) is 12.1. The van der Waals surface area contributed by atoms with Gasteiger partial charge >= 0.3 is 0 Å². The van der Waals surface area contributed by atoms with Gasteiger partial charge in [0.25, 0.3) is 0 Å². The van der Waals surface area contributed by atoms with E-state index in [-0.39, 0.29) is 0 Å². The van der Waals surface area contributed by atoms with Gasteiger partial charge in [0.15, 0.2) is 0 Å². The minimum Gasteiger partial charge on any atom is -0.497 e. The Bertz CT molecular complexity index is 1220. The zero-order valence-electron chi connectivity index (χ0n) is 34.0. The van der Waals surface area contributed by atoms with Gasteiger partial charge in [0, 0.05) is 35.7 Å². The molecule has 0 spiro atoms. The summed E-state index contributed by atoms with van der Waals surface area (Å²) in [7, 11) is -3.42. The Balaban J connectivity index is 3.36. The molecule has 2 rings (SSSR count). The molecule has 0 heterocycles. The first kappa shape index (κ1) is 3.16. The van der Waals surface area contributed by atoms with Crippen LogP contribution in [0, 0.1) is 0 Å². The lowest BCUT2D eigenvalue weighted by Gasteiger charge is -2.40. The van der Waals surface area contributed by atoms with Gasteiger partial charge in [-0.3, -0.25) is 0 Å². The van der Waals surface area contributed by atoms with Gasteiger partial charge in [-0.1, -0.05) is 31.2 Å². The molecule has 20 heavy (non-hydrogen) atoms. The fraction of sp³-hybridized carbons (Fsp3) is 0.647. The number of aliphatic hydroxyl groups is 1. The molecule has 0 unspecified atom stereocenters. The van der Waals surface area contributed by atoms with Gasteiger partial charge in [-0.25, -0.2) is 0 Å². The van der Waals surface area contributed by atoms with E-state index in [4.69, 9.17) is 31.5 Å². The van der Waals surface area contributed by atoms with Crippen molar-refractivity contribution in [1.29, 1.82) is 0 Å². The Hall–Kier alpha value is -1.06. The summed E-state index contributed by atoms with van der Waals surface area (Å²) < 4.78 is 198. The van der Waals surface area contributed by atoms with Crippen LogP contribution in [0.5, 0.6) is 5.75 Å². The summed E-state index contributed by atoms with van der Waals surface area (Å²) >= 11 is 0. The second-order valence-electron chi connectivity index (χ2n) is 3.71. The van der Waals surface area contributed by atoms with Crippen molar-refractivity contribution in [2.45, 2.75) is 43.4 Å². The maximum Gasteiger partial charge on any atom is 0.118 e. The van der Waals surface area contributed by atoms with Crippen molar-refractivity contribution in [3.63, 3.8) is 0 Å². The molecule has 0 aliphatic heterocycles. The van der Waals surface area contributed by atoms with E-state index >= 15 is 0 Å². The van der Waals surface area contributed by atoms with Gasteiger partial charge in [-0.05, 0) is 44.3 Å². The van der Waals surface area contributed by atoms with E-state index in [1.165, 1.54) is 0 Å². The molecule has 1 aliphatic carbocycles. The van der Waals surface area contributed by atoms with Crippen molar-refractivity contribution in [1.82, 2.24) is 4.90 Å². The van der Waals surface area contributed by atoms with Gasteiger partial charge in [-0.2, -0.15) is 0 Å². The lowest BCUT2D eigenvalue weighted by molar-refractivity contribution is -0.0277. The Kier molecular flexibility index (Phi) is 1.04. The number of nitrogens with zero attached hydrogens (tertiary/aromatic N) is 1. The van der Waals surface area contributed by atoms with Crippen LogP contribution in [-0.2, 0) is 0 Å².